The Bertz CT molecular complexity index is 941. The van der Waals surface area contributed by atoms with Crippen LogP contribution >= 0.6 is 22.9 Å². The zero-order valence-electron chi connectivity index (χ0n) is 14.0. The van der Waals surface area contributed by atoms with Crippen molar-refractivity contribution >= 4 is 34.7 Å². The van der Waals surface area contributed by atoms with Crippen LogP contribution in [0, 0.1) is 6.92 Å². The van der Waals surface area contributed by atoms with Crippen molar-refractivity contribution in [3.05, 3.63) is 45.5 Å². The highest BCUT2D eigenvalue weighted by molar-refractivity contribution is 7.18. The van der Waals surface area contributed by atoms with Crippen molar-refractivity contribution < 1.29 is 9.32 Å². The summed E-state index contributed by atoms with van der Waals surface area (Å²) in [4.78, 5) is 23.9. The predicted molar refractivity (Wildman–Crippen MR) is 99.7 cm³/mol. The lowest BCUT2D eigenvalue weighted by Crippen LogP contribution is -2.37. The number of carbonyl (C=O) groups excluding carboxylic acids is 1. The van der Waals surface area contributed by atoms with Gasteiger partial charge in [-0.3, -0.25) is 4.79 Å². The van der Waals surface area contributed by atoms with E-state index in [-0.39, 0.29) is 11.9 Å². The number of aromatic nitrogens is 3. The molecule has 9 heteroatoms. The Balaban J connectivity index is 1.48. The standard InChI is InChI=1S/C17H16ClN5O2S/c1-10-20-17(25-22-10)12-3-2-7-19-15(12)23-8-6-11(9-23)21-16(24)13-4-5-14(18)26-13/h2-5,7,11H,6,8-9H2,1H3,(H,21,24)/t11-/m0/s1. The third-order valence-electron chi connectivity index (χ3n) is 4.16. The summed E-state index contributed by atoms with van der Waals surface area (Å²) in [6.07, 6.45) is 2.57. The van der Waals surface area contributed by atoms with Crippen LogP contribution in [0.1, 0.15) is 21.9 Å². The molecule has 0 saturated carbocycles. The quantitative estimate of drug-likeness (QED) is 0.737. The molecule has 3 aromatic heterocycles. The van der Waals surface area contributed by atoms with Crippen LogP contribution in [0.5, 0.6) is 0 Å². The molecule has 26 heavy (non-hydrogen) atoms. The minimum atomic E-state index is -0.0949. The highest BCUT2D eigenvalue weighted by Crippen LogP contribution is 2.30. The number of halogens is 1. The molecule has 0 radical (unpaired) electrons. The number of thiophene rings is 1. The normalized spacial score (nSPS) is 16.8. The minimum absolute atomic E-state index is 0.0441. The third kappa shape index (κ3) is 3.42. The van der Waals surface area contributed by atoms with Crippen molar-refractivity contribution in [3.63, 3.8) is 0 Å². The molecule has 4 rings (SSSR count). The fraction of sp³-hybridized carbons (Fsp3) is 0.294. The van der Waals surface area contributed by atoms with Gasteiger partial charge in [-0.15, -0.1) is 11.3 Å². The number of rotatable bonds is 4. The van der Waals surface area contributed by atoms with E-state index in [1.807, 2.05) is 12.1 Å². The highest BCUT2D eigenvalue weighted by Gasteiger charge is 2.28. The molecule has 1 aliphatic rings. The number of carbonyl (C=O) groups is 1. The van der Waals surface area contributed by atoms with E-state index < -0.39 is 0 Å². The molecule has 0 bridgehead atoms. The fourth-order valence-electron chi connectivity index (χ4n) is 2.99. The maximum Gasteiger partial charge on any atom is 0.261 e. The van der Waals surface area contributed by atoms with Crippen LogP contribution in [-0.2, 0) is 0 Å². The topological polar surface area (TPSA) is 84.2 Å². The van der Waals surface area contributed by atoms with Gasteiger partial charge in [0.15, 0.2) is 5.82 Å². The van der Waals surface area contributed by atoms with Crippen LogP contribution in [0.25, 0.3) is 11.5 Å². The van der Waals surface area contributed by atoms with E-state index in [0.717, 1.165) is 24.3 Å². The maximum absolute atomic E-state index is 12.3. The molecule has 1 fully saturated rings. The Morgan fingerprint density at radius 1 is 1.42 bits per heavy atom. The molecule has 0 spiro atoms. The van der Waals surface area contributed by atoms with Crippen molar-refractivity contribution in [3.8, 4) is 11.5 Å². The Hall–Kier alpha value is -2.45. The molecule has 7 nitrogen and oxygen atoms in total. The van der Waals surface area contributed by atoms with Gasteiger partial charge in [-0.25, -0.2) is 4.98 Å². The number of pyridine rings is 1. The number of amides is 1. The first-order valence-corrected chi connectivity index (χ1v) is 9.36. The molecule has 3 aromatic rings. The van der Waals surface area contributed by atoms with E-state index in [1.54, 1.807) is 25.3 Å². The first-order chi connectivity index (χ1) is 12.6. The highest BCUT2D eigenvalue weighted by atomic mass is 35.5. The second-order valence-corrected chi connectivity index (χ2v) is 7.75. The first kappa shape index (κ1) is 17.0. The molecule has 1 amide bonds. The smallest absolute Gasteiger partial charge is 0.261 e. The van der Waals surface area contributed by atoms with Gasteiger partial charge in [0.25, 0.3) is 11.8 Å². The first-order valence-electron chi connectivity index (χ1n) is 8.17. The zero-order valence-corrected chi connectivity index (χ0v) is 15.5. The molecule has 134 valence electrons. The molecule has 4 heterocycles. The average Bonchev–Trinajstić information content (AvgIpc) is 3.36. The van der Waals surface area contributed by atoms with E-state index in [1.165, 1.54) is 11.3 Å². The van der Waals surface area contributed by atoms with E-state index >= 15 is 0 Å². The van der Waals surface area contributed by atoms with Crippen molar-refractivity contribution in [2.24, 2.45) is 0 Å². The predicted octanol–water partition coefficient (Wildman–Crippen LogP) is 3.16. The number of hydrogen-bond acceptors (Lipinski definition) is 7. The summed E-state index contributed by atoms with van der Waals surface area (Å²) < 4.78 is 5.90. The molecular weight excluding hydrogens is 374 g/mol. The van der Waals surface area contributed by atoms with Gasteiger partial charge in [0.05, 0.1) is 14.8 Å². The Labute approximate surface area is 159 Å². The summed E-state index contributed by atoms with van der Waals surface area (Å²) in [5.74, 6) is 1.72. The average molecular weight is 390 g/mol. The molecule has 0 aromatic carbocycles. The van der Waals surface area contributed by atoms with Crippen molar-refractivity contribution in [1.82, 2.24) is 20.4 Å². The van der Waals surface area contributed by atoms with Gasteiger partial charge in [0.2, 0.25) is 0 Å². The number of nitrogens with one attached hydrogen (secondary N) is 1. The van der Waals surface area contributed by atoms with Crippen LogP contribution in [0.4, 0.5) is 5.82 Å². The monoisotopic (exact) mass is 389 g/mol. The molecular formula is C17H16ClN5O2S. The van der Waals surface area contributed by atoms with Crippen molar-refractivity contribution in [2.75, 3.05) is 18.0 Å². The van der Waals surface area contributed by atoms with Gasteiger partial charge < -0.3 is 14.7 Å². The third-order valence-corrected chi connectivity index (χ3v) is 5.39. The summed E-state index contributed by atoms with van der Waals surface area (Å²) in [7, 11) is 0. The minimum Gasteiger partial charge on any atom is -0.354 e. The molecule has 1 saturated heterocycles. The second-order valence-electron chi connectivity index (χ2n) is 6.03. The van der Waals surface area contributed by atoms with Gasteiger partial charge in [0.1, 0.15) is 5.82 Å². The van der Waals surface area contributed by atoms with Gasteiger partial charge >= 0.3 is 0 Å². The summed E-state index contributed by atoms with van der Waals surface area (Å²) in [5.41, 5.74) is 0.796. The summed E-state index contributed by atoms with van der Waals surface area (Å²) in [6.45, 7) is 3.23. The molecule has 1 N–H and O–H groups in total. The van der Waals surface area contributed by atoms with Crippen LogP contribution < -0.4 is 10.2 Å². The number of aryl methyl sites for hydroxylation is 1. The Morgan fingerprint density at radius 3 is 3.04 bits per heavy atom. The lowest BCUT2D eigenvalue weighted by Gasteiger charge is -2.19. The summed E-state index contributed by atoms with van der Waals surface area (Å²) >= 11 is 7.18. The van der Waals surface area contributed by atoms with E-state index in [9.17, 15) is 4.79 Å². The van der Waals surface area contributed by atoms with Gasteiger partial charge in [0, 0.05) is 25.3 Å². The van der Waals surface area contributed by atoms with Gasteiger partial charge in [-0.05, 0) is 37.6 Å². The van der Waals surface area contributed by atoms with Crippen LogP contribution in [0.15, 0.2) is 35.0 Å². The Morgan fingerprint density at radius 2 is 2.31 bits per heavy atom. The van der Waals surface area contributed by atoms with Crippen molar-refractivity contribution in [2.45, 2.75) is 19.4 Å². The molecule has 1 aliphatic heterocycles. The van der Waals surface area contributed by atoms with Crippen molar-refractivity contribution in [1.29, 1.82) is 0 Å². The molecule has 0 aliphatic carbocycles. The van der Waals surface area contributed by atoms with Crippen LogP contribution in [0.2, 0.25) is 4.34 Å². The largest absolute Gasteiger partial charge is 0.354 e. The second kappa shape index (κ2) is 7.05. The van der Waals surface area contributed by atoms with Crippen LogP contribution in [0.3, 0.4) is 0 Å². The number of hydrogen-bond donors (Lipinski definition) is 1. The maximum atomic E-state index is 12.3. The van der Waals surface area contributed by atoms with E-state index in [4.69, 9.17) is 16.1 Å². The number of nitrogens with zero attached hydrogens (tertiary/aromatic N) is 4. The van der Waals surface area contributed by atoms with E-state index in [2.05, 4.69) is 25.3 Å². The van der Waals surface area contributed by atoms with E-state index in [0.29, 0.717) is 27.5 Å². The lowest BCUT2D eigenvalue weighted by molar-refractivity contribution is 0.0944. The summed E-state index contributed by atoms with van der Waals surface area (Å²) in [5, 5.41) is 6.92. The van der Waals surface area contributed by atoms with Gasteiger partial charge in [-0.1, -0.05) is 16.8 Å². The zero-order chi connectivity index (χ0) is 18.1. The lowest BCUT2D eigenvalue weighted by atomic mass is 10.2. The SMILES string of the molecule is Cc1noc(-c2cccnc2N2CC[C@H](NC(=O)c3ccc(Cl)s3)C2)n1. The summed E-state index contributed by atoms with van der Waals surface area (Å²) in [6, 6.07) is 7.27. The molecule has 1 atom stereocenters. The fourth-order valence-corrected chi connectivity index (χ4v) is 3.93. The Kier molecular flexibility index (Phi) is 4.60. The van der Waals surface area contributed by atoms with Gasteiger partial charge in [-0.2, -0.15) is 4.98 Å². The van der Waals surface area contributed by atoms with Crippen LogP contribution in [-0.4, -0.2) is 40.2 Å². The number of anilines is 1. The molecule has 0 unspecified atom stereocenters.